The van der Waals surface area contributed by atoms with E-state index in [0.717, 1.165) is 11.1 Å². The van der Waals surface area contributed by atoms with E-state index in [2.05, 4.69) is 11.4 Å². The van der Waals surface area contributed by atoms with Crippen molar-refractivity contribution in [3.8, 4) is 11.8 Å². The Morgan fingerprint density at radius 2 is 1.61 bits per heavy atom. The predicted molar refractivity (Wildman–Crippen MR) is 115 cm³/mol. The molecule has 0 radical (unpaired) electrons. The zero-order valence-electron chi connectivity index (χ0n) is 16.9. The highest BCUT2D eigenvalue weighted by Gasteiger charge is 2.09. The van der Waals surface area contributed by atoms with Crippen LogP contribution in [0.5, 0.6) is 5.75 Å². The van der Waals surface area contributed by atoms with Gasteiger partial charge >= 0.3 is 5.97 Å². The van der Waals surface area contributed by atoms with Crippen molar-refractivity contribution in [2.45, 2.75) is 19.6 Å². The summed E-state index contributed by atoms with van der Waals surface area (Å²) in [6.07, 6.45) is 0.0907. The Labute approximate surface area is 181 Å². The van der Waals surface area contributed by atoms with Crippen LogP contribution in [0.4, 0.5) is 0 Å². The summed E-state index contributed by atoms with van der Waals surface area (Å²) >= 11 is 0. The molecule has 0 fully saturated rings. The average molecular weight is 414 g/mol. The molecule has 0 aliphatic heterocycles. The van der Waals surface area contributed by atoms with Gasteiger partial charge in [0.2, 0.25) is 0 Å². The normalized spacial score (nSPS) is 10.0. The molecule has 0 heterocycles. The monoisotopic (exact) mass is 414 g/mol. The van der Waals surface area contributed by atoms with Crippen molar-refractivity contribution in [1.82, 2.24) is 5.32 Å². The second kappa shape index (κ2) is 11.2. The minimum absolute atomic E-state index is 0.0907. The van der Waals surface area contributed by atoms with Crippen LogP contribution in [0.2, 0.25) is 0 Å². The highest BCUT2D eigenvalue weighted by Crippen LogP contribution is 2.15. The zero-order valence-corrected chi connectivity index (χ0v) is 16.9. The van der Waals surface area contributed by atoms with Gasteiger partial charge in [0.25, 0.3) is 5.91 Å². The van der Waals surface area contributed by atoms with E-state index >= 15 is 0 Å². The molecule has 6 nitrogen and oxygen atoms in total. The van der Waals surface area contributed by atoms with Crippen LogP contribution in [0.3, 0.4) is 0 Å². The van der Waals surface area contributed by atoms with Gasteiger partial charge < -0.3 is 14.8 Å². The summed E-state index contributed by atoms with van der Waals surface area (Å²) in [6, 6.07) is 25.4. The molecule has 1 amide bonds. The number of carbonyl (C=O) groups excluding carboxylic acids is 2. The molecule has 0 spiro atoms. The fourth-order valence-electron chi connectivity index (χ4n) is 2.76. The second-order valence-electron chi connectivity index (χ2n) is 6.78. The van der Waals surface area contributed by atoms with Gasteiger partial charge in [0.05, 0.1) is 18.1 Å². The number of amides is 1. The summed E-state index contributed by atoms with van der Waals surface area (Å²) in [4.78, 5) is 24.2. The quantitative estimate of drug-likeness (QED) is 0.535. The lowest BCUT2D eigenvalue weighted by molar-refractivity contribution is -0.144. The molecule has 3 rings (SSSR count). The number of nitrogens with one attached hydrogen (secondary N) is 1. The van der Waals surface area contributed by atoms with Crippen molar-refractivity contribution in [3.63, 3.8) is 0 Å². The molecule has 0 bridgehead atoms. The van der Waals surface area contributed by atoms with Crippen LogP contribution in [0.1, 0.15) is 33.5 Å². The van der Waals surface area contributed by atoms with E-state index in [0.29, 0.717) is 23.5 Å². The summed E-state index contributed by atoms with van der Waals surface area (Å²) in [6.45, 7) is 0.721. The van der Waals surface area contributed by atoms with Crippen molar-refractivity contribution in [3.05, 3.63) is 101 Å². The Balaban J connectivity index is 1.42. The maximum absolute atomic E-state index is 12.4. The van der Waals surface area contributed by atoms with E-state index in [4.69, 9.17) is 14.7 Å². The van der Waals surface area contributed by atoms with E-state index in [1.807, 2.05) is 42.5 Å². The summed E-state index contributed by atoms with van der Waals surface area (Å²) < 4.78 is 10.9. The van der Waals surface area contributed by atoms with E-state index in [1.165, 1.54) is 0 Å². The molecule has 0 atom stereocenters. The first kappa shape index (κ1) is 21.6. The van der Waals surface area contributed by atoms with E-state index < -0.39 is 0 Å². The SMILES string of the molecule is N#Cc1ccc(COc2cccc(C(=O)NCCC(=O)OCc3ccccc3)c2)cc1. The lowest BCUT2D eigenvalue weighted by atomic mass is 10.1. The van der Waals surface area contributed by atoms with Gasteiger partial charge in [-0.3, -0.25) is 9.59 Å². The Morgan fingerprint density at radius 3 is 2.35 bits per heavy atom. The molecule has 6 heteroatoms. The zero-order chi connectivity index (χ0) is 21.9. The van der Waals surface area contributed by atoms with Crippen molar-refractivity contribution >= 4 is 11.9 Å². The molecule has 0 saturated carbocycles. The maximum Gasteiger partial charge on any atom is 0.307 e. The number of nitrogens with zero attached hydrogens (tertiary/aromatic N) is 1. The predicted octanol–water partition coefficient (Wildman–Crippen LogP) is 4.00. The minimum atomic E-state index is -0.372. The molecule has 0 aromatic heterocycles. The Bertz CT molecular complexity index is 1060. The molecule has 0 aliphatic rings. The standard InChI is InChI=1S/C25H22N2O4/c26-16-19-9-11-21(12-10-19)17-30-23-8-4-7-22(15-23)25(29)27-14-13-24(28)31-18-20-5-2-1-3-6-20/h1-12,15H,13-14,17-18H2,(H,27,29). The largest absolute Gasteiger partial charge is 0.489 e. The molecule has 0 aliphatic carbocycles. The van der Waals surface area contributed by atoms with Crippen molar-refractivity contribution in [2.24, 2.45) is 0 Å². The molecule has 3 aromatic carbocycles. The van der Waals surface area contributed by atoms with Crippen LogP contribution in [-0.4, -0.2) is 18.4 Å². The minimum Gasteiger partial charge on any atom is -0.489 e. The molecular weight excluding hydrogens is 392 g/mol. The smallest absolute Gasteiger partial charge is 0.307 e. The van der Waals surface area contributed by atoms with Gasteiger partial charge in [-0.15, -0.1) is 0 Å². The second-order valence-corrected chi connectivity index (χ2v) is 6.78. The van der Waals surface area contributed by atoms with Crippen LogP contribution < -0.4 is 10.1 Å². The van der Waals surface area contributed by atoms with Gasteiger partial charge in [0.15, 0.2) is 0 Å². The summed E-state index contributed by atoms with van der Waals surface area (Å²) in [5.41, 5.74) is 2.86. The van der Waals surface area contributed by atoms with Crippen molar-refractivity contribution < 1.29 is 19.1 Å². The molecule has 1 N–H and O–H groups in total. The van der Waals surface area contributed by atoms with Crippen LogP contribution in [0.25, 0.3) is 0 Å². The summed E-state index contributed by atoms with van der Waals surface area (Å²) in [5.74, 6) is -0.109. The Morgan fingerprint density at radius 1 is 0.871 bits per heavy atom. The van der Waals surface area contributed by atoms with Gasteiger partial charge in [-0.2, -0.15) is 5.26 Å². The third-order valence-electron chi connectivity index (χ3n) is 4.44. The third kappa shape index (κ3) is 7.02. The van der Waals surface area contributed by atoms with E-state index in [-0.39, 0.29) is 31.4 Å². The lowest BCUT2D eigenvalue weighted by Crippen LogP contribution is -2.26. The third-order valence-corrected chi connectivity index (χ3v) is 4.44. The first-order valence-corrected chi connectivity index (χ1v) is 9.84. The number of carbonyl (C=O) groups is 2. The van der Waals surface area contributed by atoms with Crippen LogP contribution in [0.15, 0.2) is 78.9 Å². The number of hydrogen-bond donors (Lipinski definition) is 1. The number of benzene rings is 3. The topological polar surface area (TPSA) is 88.4 Å². The summed E-state index contributed by atoms with van der Waals surface area (Å²) in [5, 5.41) is 11.6. The fraction of sp³-hybridized carbons (Fsp3) is 0.160. The molecular formula is C25H22N2O4. The van der Waals surface area contributed by atoms with Gasteiger partial charge in [0, 0.05) is 12.1 Å². The van der Waals surface area contributed by atoms with Crippen LogP contribution in [-0.2, 0) is 22.7 Å². The lowest BCUT2D eigenvalue weighted by Gasteiger charge is -2.09. The van der Waals surface area contributed by atoms with Gasteiger partial charge in [-0.25, -0.2) is 0 Å². The molecule has 156 valence electrons. The maximum atomic E-state index is 12.4. The summed E-state index contributed by atoms with van der Waals surface area (Å²) in [7, 11) is 0. The molecule has 31 heavy (non-hydrogen) atoms. The van der Waals surface area contributed by atoms with Gasteiger partial charge in [0.1, 0.15) is 19.0 Å². The Kier molecular flexibility index (Phi) is 7.78. The van der Waals surface area contributed by atoms with Crippen LogP contribution >= 0.6 is 0 Å². The number of rotatable bonds is 9. The first-order valence-electron chi connectivity index (χ1n) is 9.84. The number of hydrogen-bond acceptors (Lipinski definition) is 5. The molecule has 3 aromatic rings. The highest BCUT2D eigenvalue weighted by molar-refractivity contribution is 5.94. The first-order chi connectivity index (χ1) is 15.1. The Hall–Kier alpha value is -4.11. The highest BCUT2D eigenvalue weighted by atomic mass is 16.5. The van der Waals surface area contributed by atoms with Crippen molar-refractivity contribution in [1.29, 1.82) is 5.26 Å². The van der Waals surface area contributed by atoms with Crippen LogP contribution in [0, 0.1) is 11.3 Å². The van der Waals surface area contributed by atoms with Crippen molar-refractivity contribution in [2.75, 3.05) is 6.54 Å². The number of ether oxygens (including phenoxy) is 2. The molecule has 0 saturated heterocycles. The molecule has 0 unspecified atom stereocenters. The van der Waals surface area contributed by atoms with E-state index in [9.17, 15) is 9.59 Å². The van der Waals surface area contributed by atoms with E-state index in [1.54, 1.807) is 36.4 Å². The van der Waals surface area contributed by atoms with Gasteiger partial charge in [-0.1, -0.05) is 48.5 Å². The number of esters is 1. The fourth-order valence-corrected chi connectivity index (χ4v) is 2.76. The average Bonchev–Trinajstić information content (AvgIpc) is 2.82. The number of nitriles is 1. The van der Waals surface area contributed by atoms with Gasteiger partial charge in [-0.05, 0) is 41.5 Å².